The molecule has 0 aromatic carbocycles. The zero-order valence-electron chi connectivity index (χ0n) is 9.58. The van der Waals surface area contributed by atoms with Gasteiger partial charge in [0.15, 0.2) is 0 Å². The molecule has 0 amide bonds. The summed E-state index contributed by atoms with van der Waals surface area (Å²) in [4.78, 5) is 0. The van der Waals surface area contributed by atoms with E-state index in [0.29, 0.717) is 23.5 Å². The third kappa shape index (κ3) is 1.26. The average molecular weight is 192 g/mol. The minimum Gasteiger partial charge on any atom is -0.369 e. The van der Waals surface area contributed by atoms with Gasteiger partial charge >= 0.3 is 0 Å². The van der Waals surface area contributed by atoms with E-state index >= 15 is 0 Å². The largest absolute Gasteiger partial charge is 0.369 e. The fourth-order valence-electron chi connectivity index (χ4n) is 3.04. The first-order valence-electron chi connectivity index (χ1n) is 5.52. The lowest BCUT2D eigenvalue weighted by molar-refractivity contribution is 0.0407. The third-order valence-corrected chi connectivity index (χ3v) is 3.81. The second-order valence-corrected chi connectivity index (χ2v) is 5.10. The molecule has 1 saturated heterocycles. The minimum absolute atomic E-state index is 0.304. The fourth-order valence-corrected chi connectivity index (χ4v) is 3.04. The first-order chi connectivity index (χ1) is 6.57. The van der Waals surface area contributed by atoms with Crippen molar-refractivity contribution in [3.8, 4) is 0 Å². The zero-order valence-corrected chi connectivity index (χ0v) is 9.58. The lowest BCUT2D eigenvalue weighted by Gasteiger charge is -2.35. The lowest BCUT2D eigenvalue weighted by Crippen LogP contribution is -2.34. The van der Waals surface area contributed by atoms with Gasteiger partial charge in [-0.2, -0.15) is 0 Å². The molecule has 2 rings (SSSR count). The molecule has 2 bridgehead atoms. The normalized spacial score (nSPS) is 40.3. The highest BCUT2D eigenvalue weighted by Gasteiger charge is 2.51. The highest BCUT2D eigenvalue weighted by molar-refractivity contribution is 5.23. The summed E-state index contributed by atoms with van der Waals surface area (Å²) < 4.78 is 6.07. The van der Waals surface area contributed by atoms with Gasteiger partial charge in [-0.25, -0.2) is 0 Å². The van der Waals surface area contributed by atoms with Gasteiger partial charge in [0, 0.05) is 11.3 Å². The molecular weight excluding hydrogens is 172 g/mol. The number of hydrogen-bond acceptors (Lipinski definition) is 1. The van der Waals surface area contributed by atoms with Crippen LogP contribution in [0, 0.1) is 11.3 Å². The van der Waals surface area contributed by atoms with Crippen LogP contribution >= 0.6 is 0 Å². The zero-order chi connectivity index (χ0) is 10.3. The van der Waals surface area contributed by atoms with E-state index in [1.807, 2.05) is 0 Å². The van der Waals surface area contributed by atoms with Crippen molar-refractivity contribution >= 4 is 0 Å². The molecule has 1 heteroatoms. The molecule has 0 saturated carbocycles. The second kappa shape index (κ2) is 3.23. The van der Waals surface area contributed by atoms with Crippen molar-refractivity contribution in [1.82, 2.24) is 0 Å². The molecule has 1 nitrogen and oxygen atoms in total. The summed E-state index contributed by atoms with van der Waals surface area (Å²) in [6, 6.07) is 0. The van der Waals surface area contributed by atoms with Crippen molar-refractivity contribution in [3.05, 3.63) is 23.8 Å². The van der Waals surface area contributed by atoms with Crippen molar-refractivity contribution in [2.45, 2.75) is 46.3 Å². The highest BCUT2D eigenvalue weighted by atomic mass is 16.5. The Bertz CT molecular complexity index is 286. The second-order valence-electron chi connectivity index (χ2n) is 5.10. The highest BCUT2D eigenvalue weighted by Crippen LogP contribution is 2.51. The van der Waals surface area contributed by atoms with Crippen LogP contribution in [0.25, 0.3) is 0 Å². The van der Waals surface area contributed by atoms with E-state index in [4.69, 9.17) is 4.74 Å². The first-order valence-corrected chi connectivity index (χ1v) is 5.52. The molecule has 2 aliphatic rings. The number of fused-ring (bicyclic) bond motifs is 2. The number of allylic oxidation sites excluding steroid dienone is 1. The summed E-state index contributed by atoms with van der Waals surface area (Å²) >= 11 is 0. The van der Waals surface area contributed by atoms with Crippen LogP contribution in [0.15, 0.2) is 23.8 Å². The van der Waals surface area contributed by atoms with Crippen LogP contribution in [-0.2, 0) is 4.74 Å². The van der Waals surface area contributed by atoms with E-state index < -0.39 is 0 Å². The SMILES string of the molecule is C/C=C/C1OC2CC=C(C)C1C2(C)C. The van der Waals surface area contributed by atoms with E-state index in [1.54, 1.807) is 0 Å². The Hall–Kier alpha value is -0.560. The Balaban J connectivity index is 2.35. The molecule has 0 spiro atoms. The molecule has 3 unspecified atom stereocenters. The van der Waals surface area contributed by atoms with Gasteiger partial charge in [-0.05, 0) is 20.3 Å². The van der Waals surface area contributed by atoms with Crippen LogP contribution in [0.3, 0.4) is 0 Å². The molecule has 0 aromatic heterocycles. The Kier molecular flexibility index (Phi) is 2.30. The number of hydrogen-bond donors (Lipinski definition) is 0. The van der Waals surface area contributed by atoms with Gasteiger partial charge in [0.25, 0.3) is 0 Å². The molecule has 78 valence electrons. The maximum absolute atomic E-state index is 6.07. The van der Waals surface area contributed by atoms with Gasteiger partial charge in [-0.3, -0.25) is 0 Å². The van der Waals surface area contributed by atoms with Crippen LogP contribution in [0.5, 0.6) is 0 Å². The Morgan fingerprint density at radius 1 is 1.50 bits per heavy atom. The topological polar surface area (TPSA) is 9.23 Å². The fraction of sp³-hybridized carbons (Fsp3) is 0.692. The van der Waals surface area contributed by atoms with E-state index in [9.17, 15) is 0 Å². The Labute approximate surface area is 86.8 Å². The van der Waals surface area contributed by atoms with E-state index in [2.05, 4.69) is 45.9 Å². The molecule has 3 atom stereocenters. The molecule has 1 fully saturated rings. The Morgan fingerprint density at radius 3 is 2.86 bits per heavy atom. The van der Waals surface area contributed by atoms with Crippen molar-refractivity contribution < 1.29 is 4.74 Å². The molecule has 1 heterocycles. The van der Waals surface area contributed by atoms with E-state index in [1.165, 1.54) is 5.57 Å². The monoisotopic (exact) mass is 192 g/mol. The minimum atomic E-state index is 0.304. The average Bonchev–Trinajstić information content (AvgIpc) is 2.26. The number of ether oxygens (including phenoxy) is 1. The summed E-state index contributed by atoms with van der Waals surface area (Å²) in [5.74, 6) is 0.581. The summed E-state index contributed by atoms with van der Waals surface area (Å²) in [5, 5.41) is 0. The molecule has 0 N–H and O–H groups in total. The van der Waals surface area contributed by atoms with Crippen molar-refractivity contribution in [2.75, 3.05) is 0 Å². The van der Waals surface area contributed by atoms with Gasteiger partial charge in [0.2, 0.25) is 0 Å². The van der Waals surface area contributed by atoms with Crippen LogP contribution < -0.4 is 0 Å². The Morgan fingerprint density at radius 2 is 2.21 bits per heavy atom. The maximum Gasteiger partial charge on any atom is 0.0831 e. The van der Waals surface area contributed by atoms with E-state index in [-0.39, 0.29) is 0 Å². The van der Waals surface area contributed by atoms with Crippen molar-refractivity contribution in [1.29, 1.82) is 0 Å². The molecule has 0 aromatic rings. The first kappa shape index (κ1) is 9.97. The van der Waals surface area contributed by atoms with Gasteiger partial charge in [-0.1, -0.05) is 37.6 Å². The van der Waals surface area contributed by atoms with Crippen molar-refractivity contribution in [3.63, 3.8) is 0 Å². The van der Waals surface area contributed by atoms with Gasteiger partial charge in [0.1, 0.15) is 0 Å². The molecule has 14 heavy (non-hydrogen) atoms. The predicted molar refractivity (Wildman–Crippen MR) is 59.1 cm³/mol. The van der Waals surface area contributed by atoms with E-state index in [0.717, 1.165) is 6.42 Å². The van der Waals surface area contributed by atoms with Gasteiger partial charge in [-0.15, -0.1) is 0 Å². The molecular formula is C13H20O. The lowest BCUT2D eigenvalue weighted by atomic mass is 9.67. The van der Waals surface area contributed by atoms with Crippen LogP contribution in [0.2, 0.25) is 0 Å². The molecule has 1 aliphatic heterocycles. The van der Waals surface area contributed by atoms with Crippen LogP contribution in [0.1, 0.15) is 34.1 Å². The number of rotatable bonds is 1. The van der Waals surface area contributed by atoms with Gasteiger partial charge < -0.3 is 4.74 Å². The summed E-state index contributed by atoms with van der Waals surface area (Å²) in [6.07, 6.45) is 8.47. The molecule has 0 radical (unpaired) electrons. The predicted octanol–water partition coefficient (Wildman–Crippen LogP) is 3.32. The molecule has 1 aliphatic carbocycles. The van der Waals surface area contributed by atoms with Crippen molar-refractivity contribution in [2.24, 2.45) is 11.3 Å². The maximum atomic E-state index is 6.07. The standard InChI is InChI=1S/C13H20O/c1-5-6-10-12-9(2)7-8-11(14-10)13(12,3)4/h5-7,10-12H,8H2,1-4H3/b6-5+. The van der Waals surface area contributed by atoms with Crippen LogP contribution in [-0.4, -0.2) is 12.2 Å². The quantitative estimate of drug-likeness (QED) is 0.579. The third-order valence-electron chi connectivity index (χ3n) is 3.81. The summed E-state index contributed by atoms with van der Waals surface area (Å²) in [5.41, 5.74) is 1.81. The van der Waals surface area contributed by atoms with Crippen LogP contribution in [0.4, 0.5) is 0 Å². The summed E-state index contributed by atoms with van der Waals surface area (Å²) in [6.45, 7) is 8.98. The summed E-state index contributed by atoms with van der Waals surface area (Å²) in [7, 11) is 0. The van der Waals surface area contributed by atoms with Gasteiger partial charge in [0.05, 0.1) is 12.2 Å². The smallest absolute Gasteiger partial charge is 0.0831 e.